The fraction of sp³-hybridized carbons (Fsp3) is 0.412. The molecule has 0 saturated heterocycles. The van der Waals surface area contributed by atoms with E-state index in [4.69, 9.17) is 5.73 Å². The van der Waals surface area contributed by atoms with Gasteiger partial charge in [0.2, 0.25) is 0 Å². The van der Waals surface area contributed by atoms with Gasteiger partial charge in [0.15, 0.2) is 0 Å². The molecule has 0 bridgehead atoms. The minimum Gasteiger partial charge on any atom is -0.328 e. The molecule has 2 rings (SSSR count). The molecular weight excluding hydrogens is 246 g/mol. The highest BCUT2D eigenvalue weighted by Crippen LogP contribution is 2.22. The average molecular weight is 269 g/mol. The number of hydrogen-bond donors (Lipinski definition) is 1. The van der Waals surface area contributed by atoms with E-state index in [1.807, 2.05) is 19.9 Å². The molecule has 0 saturated carbocycles. The summed E-state index contributed by atoms with van der Waals surface area (Å²) in [4.78, 5) is 9.08. The molecule has 2 aromatic rings. The van der Waals surface area contributed by atoms with Gasteiger partial charge in [-0.05, 0) is 31.4 Å². The summed E-state index contributed by atoms with van der Waals surface area (Å²) in [6, 6.07) is 10.7. The largest absolute Gasteiger partial charge is 0.328 e. The maximum atomic E-state index is 5.84. The summed E-state index contributed by atoms with van der Waals surface area (Å²) in [6.07, 6.45) is 0.707. The van der Waals surface area contributed by atoms with E-state index in [9.17, 15) is 0 Å². The van der Waals surface area contributed by atoms with E-state index in [-0.39, 0.29) is 6.04 Å². The molecule has 0 fully saturated rings. The van der Waals surface area contributed by atoms with Crippen LogP contribution in [0.4, 0.5) is 0 Å². The van der Waals surface area contributed by atoms with E-state index in [2.05, 4.69) is 48.1 Å². The molecule has 0 amide bonds. The molecule has 1 aromatic heterocycles. The summed E-state index contributed by atoms with van der Waals surface area (Å²) in [6.45, 7) is 8.37. The van der Waals surface area contributed by atoms with Crippen LogP contribution in [0.5, 0.6) is 0 Å². The zero-order valence-electron chi connectivity index (χ0n) is 12.7. The third-order valence-corrected chi connectivity index (χ3v) is 3.28. The zero-order valence-corrected chi connectivity index (χ0v) is 12.7. The highest BCUT2D eigenvalue weighted by molar-refractivity contribution is 5.59. The van der Waals surface area contributed by atoms with Crippen molar-refractivity contribution in [2.45, 2.75) is 46.1 Å². The fourth-order valence-corrected chi connectivity index (χ4v) is 2.20. The smallest absolute Gasteiger partial charge is 0.130 e. The second kappa shape index (κ2) is 6.14. The normalized spacial score (nSPS) is 12.7. The highest BCUT2D eigenvalue weighted by Gasteiger charge is 2.07. The quantitative estimate of drug-likeness (QED) is 0.924. The second-order valence-corrected chi connectivity index (χ2v) is 5.77. The van der Waals surface area contributed by atoms with Gasteiger partial charge in [0.05, 0.1) is 5.69 Å². The lowest BCUT2D eigenvalue weighted by Gasteiger charge is -2.09. The van der Waals surface area contributed by atoms with Crippen molar-refractivity contribution in [3.8, 4) is 11.3 Å². The maximum absolute atomic E-state index is 5.84. The molecule has 1 heterocycles. The molecule has 1 atom stereocenters. The van der Waals surface area contributed by atoms with Crippen molar-refractivity contribution < 1.29 is 0 Å². The number of benzene rings is 1. The standard InChI is InChI=1S/C17H23N3/c1-11(2)14-5-7-15(8-6-14)16-10-13(4)19-17(20-16)9-12(3)18/h5-8,10-12H,9,18H2,1-4H3. The molecule has 3 nitrogen and oxygen atoms in total. The molecule has 2 N–H and O–H groups in total. The third-order valence-electron chi connectivity index (χ3n) is 3.28. The predicted molar refractivity (Wildman–Crippen MR) is 83.6 cm³/mol. The average Bonchev–Trinajstić information content (AvgIpc) is 2.37. The Kier molecular flexibility index (Phi) is 4.50. The van der Waals surface area contributed by atoms with E-state index < -0.39 is 0 Å². The first-order valence-corrected chi connectivity index (χ1v) is 7.16. The van der Waals surface area contributed by atoms with Crippen LogP contribution in [0.3, 0.4) is 0 Å². The van der Waals surface area contributed by atoms with Crippen LogP contribution in [0.15, 0.2) is 30.3 Å². The van der Waals surface area contributed by atoms with E-state index >= 15 is 0 Å². The van der Waals surface area contributed by atoms with Crippen LogP contribution in [0.2, 0.25) is 0 Å². The lowest BCUT2D eigenvalue weighted by Crippen LogP contribution is -2.19. The summed E-state index contributed by atoms with van der Waals surface area (Å²) in [5.41, 5.74) is 10.3. The third kappa shape index (κ3) is 3.64. The van der Waals surface area contributed by atoms with Crippen LogP contribution in [-0.2, 0) is 6.42 Å². The van der Waals surface area contributed by atoms with E-state index in [1.165, 1.54) is 5.56 Å². The molecule has 1 unspecified atom stereocenters. The van der Waals surface area contributed by atoms with Crippen LogP contribution in [0.25, 0.3) is 11.3 Å². The van der Waals surface area contributed by atoms with Crippen molar-refractivity contribution in [2.75, 3.05) is 0 Å². The molecule has 0 spiro atoms. The number of rotatable bonds is 4. The van der Waals surface area contributed by atoms with Gasteiger partial charge in [-0.15, -0.1) is 0 Å². The van der Waals surface area contributed by atoms with Gasteiger partial charge in [-0.2, -0.15) is 0 Å². The first-order valence-electron chi connectivity index (χ1n) is 7.16. The van der Waals surface area contributed by atoms with Crippen LogP contribution in [-0.4, -0.2) is 16.0 Å². The lowest BCUT2D eigenvalue weighted by molar-refractivity contribution is 0.700. The highest BCUT2D eigenvalue weighted by atomic mass is 14.9. The number of aryl methyl sites for hydroxylation is 1. The second-order valence-electron chi connectivity index (χ2n) is 5.77. The van der Waals surface area contributed by atoms with Gasteiger partial charge in [0, 0.05) is 23.7 Å². The van der Waals surface area contributed by atoms with Gasteiger partial charge in [-0.25, -0.2) is 9.97 Å². The van der Waals surface area contributed by atoms with Crippen LogP contribution < -0.4 is 5.73 Å². The summed E-state index contributed by atoms with van der Waals surface area (Å²) in [7, 11) is 0. The molecular formula is C17H23N3. The SMILES string of the molecule is Cc1cc(-c2ccc(C(C)C)cc2)nc(CC(C)N)n1. The lowest BCUT2D eigenvalue weighted by atomic mass is 10.0. The molecule has 0 radical (unpaired) electrons. The van der Waals surface area contributed by atoms with Gasteiger partial charge in [0.1, 0.15) is 5.82 Å². The van der Waals surface area contributed by atoms with E-state index in [0.29, 0.717) is 12.3 Å². The van der Waals surface area contributed by atoms with E-state index in [1.54, 1.807) is 0 Å². The first-order chi connectivity index (χ1) is 9.45. The minimum absolute atomic E-state index is 0.0768. The maximum Gasteiger partial charge on any atom is 0.130 e. The van der Waals surface area contributed by atoms with E-state index in [0.717, 1.165) is 22.8 Å². The van der Waals surface area contributed by atoms with Crippen molar-refractivity contribution in [1.29, 1.82) is 0 Å². The van der Waals surface area contributed by atoms with Gasteiger partial charge < -0.3 is 5.73 Å². The van der Waals surface area contributed by atoms with Crippen molar-refractivity contribution in [2.24, 2.45) is 5.73 Å². The zero-order chi connectivity index (χ0) is 14.7. The Morgan fingerprint density at radius 2 is 1.70 bits per heavy atom. The Morgan fingerprint density at radius 3 is 2.25 bits per heavy atom. The topological polar surface area (TPSA) is 51.8 Å². The Balaban J connectivity index is 2.34. The molecule has 1 aromatic carbocycles. The fourth-order valence-electron chi connectivity index (χ4n) is 2.20. The van der Waals surface area contributed by atoms with Crippen molar-refractivity contribution in [3.05, 3.63) is 47.4 Å². The number of nitrogens with two attached hydrogens (primary N) is 1. The molecule has 0 aliphatic heterocycles. The summed E-state index contributed by atoms with van der Waals surface area (Å²) < 4.78 is 0. The Bertz CT molecular complexity index is 571. The van der Waals surface area contributed by atoms with Gasteiger partial charge >= 0.3 is 0 Å². The predicted octanol–water partition coefficient (Wildman–Crippen LogP) is 3.47. The Labute approximate surface area is 121 Å². The van der Waals surface area contributed by atoms with Crippen molar-refractivity contribution in [1.82, 2.24) is 9.97 Å². The van der Waals surface area contributed by atoms with Gasteiger partial charge in [-0.1, -0.05) is 38.1 Å². The van der Waals surface area contributed by atoms with Crippen molar-refractivity contribution >= 4 is 0 Å². The van der Waals surface area contributed by atoms with Gasteiger partial charge in [0.25, 0.3) is 0 Å². The monoisotopic (exact) mass is 269 g/mol. The van der Waals surface area contributed by atoms with Crippen LogP contribution in [0.1, 0.15) is 43.8 Å². The Morgan fingerprint density at radius 1 is 1.05 bits per heavy atom. The molecule has 20 heavy (non-hydrogen) atoms. The number of nitrogens with zero attached hydrogens (tertiary/aromatic N) is 2. The molecule has 0 aliphatic carbocycles. The first kappa shape index (κ1) is 14.7. The number of aromatic nitrogens is 2. The van der Waals surface area contributed by atoms with Gasteiger partial charge in [-0.3, -0.25) is 0 Å². The number of hydrogen-bond acceptors (Lipinski definition) is 3. The van der Waals surface area contributed by atoms with Crippen molar-refractivity contribution in [3.63, 3.8) is 0 Å². The molecule has 0 aliphatic rings. The molecule has 106 valence electrons. The summed E-state index contributed by atoms with van der Waals surface area (Å²) >= 11 is 0. The van der Waals surface area contributed by atoms with Crippen LogP contribution >= 0.6 is 0 Å². The summed E-state index contributed by atoms with van der Waals surface area (Å²) in [5.74, 6) is 1.37. The summed E-state index contributed by atoms with van der Waals surface area (Å²) in [5, 5.41) is 0. The van der Waals surface area contributed by atoms with Crippen LogP contribution in [0, 0.1) is 6.92 Å². The minimum atomic E-state index is 0.0768. The molecule has 3 heteroatoms. The Hall–Kier alpha value is -1.74.